The highest BCUT2D eigenvalue weighted by Crippen LogP contribution is 2.27. The summed E-state index contributed by atoms with van der Waals surface area (Å²) < 4.78 is 6.15. The van der Waals surface area contributed by atoms with Crippen LogP contribution in [-0.4, -0.2) is 15.2 Å². The van der Waals surface area contributed by atoms with Crippen molar-refractivity contribution in [2.75, 3.05) is 0 Å². The van der Waals surface area contributed by atoms with Crippen LogP contribution in [0.4, 0.5) is 0 Å². The summed E-state index contributed by atoms with van der Waals surface area (Å²) in [7, 11) is 0. The predicted octanol–water partition coefficient (Wildman–Crippen LogP) is 5.00. The van der Waals surface area contributed by atoms with E-state index in [-0.39, 0.29) is 0 Å². The van der Waals surface area contributed by atoms with E-state index in [2.05, 4.69) is 15.1 Å². The molecule has 0 aliphatic heterocycles. The monoisotopic (exact) mass is 365 g/mol. The molecule has 0 saturated heterocycles. The van der Waals surface area contributed by atoms with Gasteiger partial charge in [0.2, 0.25) is 0 Å². The lowest BCUT2D eigenvalue weighted by molar-refractivity contribution is 0.302. The van der Waals surface area contributed by atoms with Gasteiger partial charge < -0.3 is 9.62 Å². The van der Waals surface area contributed by atoms with Gasteiger partial charge in [0.15, 0.2) is 5.76 Å². The van der Waals surface area contributed by atoms with Gasteiger partial charge in [0.25, 0.3) is 0 Å². The van der Waals surface area contributed by atoms with Crippen molar-refractivity contribution >= 4 is 21.7 Å². The van der Waals surface area contributed by atoms with Crippen LogP contribution in [0.2, 0.25) is 0 Å². The summed E-state index contributed by atoms with van der Waals surface area (Å²) in [6.07, 6.45) is 5.31. The van der Waals surface area contributed by atoms with Gasteiger partial charge in [-0.15, -0.1) is 0 Å². The Labute approximate surface area is 160 Å². The number of aromatic nitrogens is 2. The Balaban J connectivity index is 1.72. The number of rotatable bonds is 2. The molecule has 3 heterocycles. The fourth-order valence-corrected chi connectivity index (χ4v) is 3.32. The quantitative estimate of drug-likeness (QED) is 0.353. The zero-order chi connectivity index (χ0) is 18.9. The highest BCUT2D eigenvalue weighted by Gasteiger charge is 2.10. The molecule has 0 aliphatic rings. The van der Waals surface area contributed by atoms with Gasteiger partial charge in [-0.1, -0.05) is 35.5 Å². The minimum atomic E-state index is 0.437. The van der Waals surface area contributed by atoms with E-state index in [0.29, 0.717) is 22.4 Å². The van der Waals surface area contributed by atoms with Crippen molar-refractivity contribution in [3.8, 4) is 22.6 Å². The lowest BCUT2D eigenvalue weighted by Crippen LogP contribution is -2.03. The van der Waals surface area contributed by atoms with Gasteiger partial charge in [-0.2, -0.15) is 0 Å². The molecular formula is C23H15N3O2. The van der Waals surface area contributed by atoms with Crippen LogP contribution >= 0.6 is 0 Å². The molecule has 5 nitrogen and oxygen atoms in total. The van der Waals surface area contributed by atoms with E-state index >= 15 is 0 Å². The molecule has 5 heteroatoms. The molecule has 0 radical (unpaired) electrons. The number of benzene rings is 2. The van der Waals surface area contributed by atoms with Crippen molar-refractivity contribution in [1.29, 1.82) is 0 Å². The van der Waals surface area contributed by atoms with Crippen molar-refractivity contribution in [2.24, 2.45) is 5.16 Å². The lowest BCUT2D eigenvalue weighted by Gasteiger charge is -2.07. The Morgan fingerprint density at radius 3 is 2.46 bits per heavy atom. The summed E-state index contributed by atoms with van der Waals surface area (Å²) in [4.78, 5) is 8.57. The first-order chi connectivity index (χ1) is 13.8. The molecule has 5 rings (SSSR count). The smallest absolute Gasteiger partial charge is 0.155 e. The third-order valence-corrected chi connectivity index (χ3v) is 4.75. The number of pyridine rings is 2. The van der Waals surface area contributed by atoms with E-state index in [9.17, 15) is 5.21 Å². The molecule has 5 aromatic rings. The van der Waals surface area contributed by atoms with Crippen molar-refractivity contribution in [2.45, 2.75) is 0 Å². The molecule has 0 spiro atoms. The molecule has 0 fully saturated rings. The SMILES string of the molecule is O/N=c1\cc(-c2cc3ccccc3cn2)oc2cc(-c3ccncc3)ccc12. The molecule has 0 unspecified atom stereocenters. The van der Waals surface area contributed by atoms with Crippen LogP contribution < -0.4 is 5.36 Å². The second-order valence-electron chi connectivity index (χ2n) is 6.46. The van der Waals surface area contributed by atoms with Crippen LogP contribution in [0.25, 0.3) is 44.3 Å². The average molecular weight is 365 g/mol. The first kappa shape index (κ1) is 16.2. The van der Waals surface area contributed by atoms with Crippen molar-refractivity contribution in [3.05, 3.63) is 90.7 Å². The third kappa shape index (κ3) is 2.79. The van der Waals surface area contributed by atoms with Crippen LogP contribution in [0, 0.1) is 0 Å². The zero-order valence-corrected chi connectivity index (χ0v) is 14.8. The Kier molecular flexibility index (Phi) is 3.84. The molecule has 0 atom stereocenters. The summed E-state index contributed by atoms with van der Waals surface area (Å²) in [5.41, 5.74) is 3.32. The maximum Gasteiger partial charge on any atom is 0.155 e. The second kappa shape index (κ2) is 6.63. The fourth-order valence-electron chi connectivity index (χ4n) is 3.32. The minimum absolute atomic E-state index is 0.437. The van der Waals surface area contributed by atoms with Crippen molar-refractivity contribution in [3.63, 3.8) is 0 Å². The van der Waals surface area contributed by atoms with Crippen LogP contribution in [0.1, 0.15) is 0 Å². The van der Waals surface area contributed by atoms with E-state index < -0.39 is 0 Å². The third-order valence-electron chi connectivity index (χ3n) is 4.75. The van der Waals surface area contributed by atoms with E-state index in [0.717, 1.165) is 27.3 Å². The Morgan fingerprint density at radius 1 is 0.821 bits per heavy atom. The van der Waals surface area contributed by atoms with E-state index in [4.69, 9.17) is 4.42 Å². The second-order valence-corrected chi connectivity index (χ2v) is 6.46. The Hall–Kier alpha value is -3.99. The highest BCUT2D eigenvalue weighted by atomic mass is 16.4. The lowest BCUT2D eigenvalue weighted by atomic mass is 10.0. The maximum atomic E-state index is 9.52. The predicted molar refractivity (Wildman–Crippen MR) is 108 cm³/mol. The van der Waals surface area contributed by atoms with E-state index in [1.807, 2.05) is 66.9 Å². The first-order valence-corrected chi connectivity index (χ1v) is 8.83. The molecule has 0 aliphatic carbocycles. The van der Waals surface area contributed by atoms with Gasteiger partial charge in [-0.05, 0) is 46.8 Å². The molecule has 0 saturated carbocycles. The van der Waals surface area contributed by atoms with Crippen LogP contribution in [0.5, 0.6) is 0 Å². The standard InChI is InChI=1S/C23H15N3O2/c27-26-20-13-23(21-11-16-3-1-2-4-18(16)14-25-21)28-22-12-17(5-6-19(20)22)15-7-9-24-10-8-15/h1-14,27H/b26-20+. The molecule has 0 bridgehead atoms. The molecule has 1 N–H and O–H groups in total. The Bertz CT molecular complexity index is 1380. The van der Waals surface area contributed by atoms with Crippen LogP contribution in [0.3, 0.4) is 0 Å². The molecule has 2 aromatic carbocycles. The van der Waals surface area contributed by atoms with E-state index in [1.165, 1.54) is 0 Å². The van der Waals surface area contributed by atoms with E-state index in [1.54, 1.807) is 18.5 Å². The molecule has 134 valence electrons. The van der Waals surface area contributed by atoms with Gasteiger partial charge in [0.05, 0.1) is 0 Å². The first-order valence-electron chi connectivity index (χ1n) is 8.83. The van der Waals surface area contributed by atoms with Gasteiger partial charge in [-0.3, -0.25) is 9.97 Å². The summed E-state index contributed by atoms with van der Waals surface area (Å²) in [5, 5.41) is 16.3. The molecule has 28 heavy (non-hydrogen) atoms. The topological polar surface area (TPSA) is 71.5 Å². The number of fused-ring (bicyclic) bond motifs is 2. The number of hydrogen-bond acceptors (Lipinski definition) is 5. The number of hydrogen-bond donors (Lipinski definition) is 1. The van der Waals surface area contributed by atoms with Crippen LogP contribution in [0.15, 0.2) is 94.9 Å². The maximum absolute atomic E-state index is 9.52. The normalized spacial score (nSPS) is 11.9. The highest BCUT2D eigenvalue weighted by molar-refractivity contribution is 5.86. The van der Waals surface area contributed by atoms with Crippen molar-refractivity contribution < 1.29 is 9.62 Å². The van der Waals surface area contributed by atoms with Crippen LogP contribution in [-0.2, 0) is 0 Å². The van der Waals surface area contributed by atoms with Gasteiger partial charge in [0.1, 0.15) is 16.6 Å². The summed E-state index contributed by atoms with van der Waals surface area (Å²) in [5.74, 6) is 0.540. The minimum Gasteiger partial charge on any atom is -0.454 e. The van der Waals surface area contributed by atoms with Gasteiger partial charge >= 0.3 is 0 Å². The van der Waals surface area contributed by atoms with Gasteiger partial charge in [-0.25, -0.2) is 0 Å². The zero-order valence-electron chi connectivity index (χ0n) is 14.8. The van der Waals surface area contributed by atoms with Gasteiger partial charge in [0, 0.05) is 35.4 Å². The largest absolute Gasteiger partial charge is 0.454 e. The molecule has 3 aromatic heterocycles. The fraction of sp³-hybridized carbons (Fsp3) is 0. The summed E-state index contributed by atoms with van der Waals surface area (Å²) >= 11 is 0. The summed E-state index contributed by atoms with van der Waals surface area (Å²) in [6.45, 7) is 0. The van der Waals surface area contributed by atoms with Crippen molar-refractivity contribution in [1.82, 2.24) is 9.97 Å². The molecular weight excluding hydrogens is 350 g/mol. The molecule has 0 amide bonds. The Morgan fingerprint density at radius 2 is 1.64 bits per heavy atom. The average Bonchev–Trinajstić information content (AvgIpc) is 2.78. The summed E-state index contributed by atoms with van der Waals surface area (Å²) in [6, 6.07) is 21.3. The number of nitrogens with zero attached hydrogens (tertiary/aromatic N) is 3.